The number of nitrogens with two attached hydrogens (primary N) is 1. The van der Waals surface area contributed by atoms with Crippen molar-refractivity contribution in [3.8, 4) is 0 Å². The minimum absolute atomic E-state index is 0.0187. The molecule has 104 valence electrons. The summed E-state index contributed by atoms with van der Waals surface area (Å²) in [6.07, 6.45) is 3.60. The van der Waals surface area contributed by atoms with Crippen LogP contribution in [0.2, 0.25) is 0 Å². The highest BCUT2D eigenvalue weighted by Gasteiger charge is 2.16. The Morgan fingerprint density at radius 2 is 2.25 bits per heavy atom. The number of nitrogens with one attached hydrogen (secondary N) is 1. The van der Waals surface area contributed by atoms with Gasteiger partial charge in [0, 0.05) is 6.20 Å². The summed E-state index contributed by atoms with van der Waals surface area (Å²) in [5.41, 5.74) is 7.13. The van der Waals surface area contributed by atoms with E-state index in [1.165, 1.54) is 0 Å². The normalized spacial score (nSPS) is 10.2. The molecule has 0 unspecified atom stereocenters. The van der Waals surface area contributed by atoms with Crippen molar-refractivity contribution in [3.63, 3.8) is 0 Å². The molecule has 0 aliphatic carbocycles. The first-order valence-corrected chi connectivity index (χ1v) is 6.05. The molecule has 0 bridgehead atoms. The number of anilines is 2. The van der Waals surface area contributed by atoms with Gasteiger partial charge >= 0.3 is 5.69 Å². The Morgan fingerprint density at radius 1 is 1.45 bits per heavy atom. The number of hydrogen-bond acceptors (Lipinski definition) is 7. The third-order valence-electron chi connectivity index (χ3n) is 2.77. The zero-order valence-electron chi connectivity index (χ0n) is 10.9. The summed E-state index contributed by atoms with van der Waals surface area (Å²) in [6.45, 7) is 2.35. The van der Waals surface area contributed by atoms with Crippen molar-refractivity contribution in [3.05, 3.63) is 45.9 Å². The highest BCUT2D eigenvalue weighted by molar-refractivity contribution is 5.56. The fourth-order valence-corrected chi connectivity index (χ4v) is 1.77. The van der Waals surface area contributed by atoms with Crippen LogP contribution in [0.3, 0.4) is 0 Å². The van der Waals surface area contributed by atoms with Gasteiger partial charge in [-0.15, -0.1) is 0 Å². The Hall–Kier alpha value is -2.77. The topological polar surface area (TPSA) is 120 Å². The third kappa shape index (κ3) is 2.97. The summed E-state index contributed by atoms with van der Waals surface area (Å²) in [7, 11) is 0. The molecule has 2 rings (SSSR count). The average Bonchev–Trinajstić information content (AvgIpc) is 2.45. The van der Waals surface area contributed by atoms with Crippen molar-refractivity contribution in [1.29, 1.82) is 0 Å². The van der Waals surface area contributed by atoms with Crippen molar-refractivity contribution in [2.24, 2.45) is 0 Å². The second-order valence-electron chi connectivity index (χ2n) is 4.04. The van der Waals surface area contributed by atoms with Gasteiger partial charge in [0.05, 0.1) is 17.2 Å². The van der Waals surface area contributed by atoms with E-state index in [2.05, 4.69) is 20.3 Å². The summed E-state index contributed by atoms with van der Waals surface area (Å²) >= 11 is 0. The van der Waals surface area contributed by atoms with Gasteiger partial charge in [-0.1, -0.05) is 13.0 Å². The summed E-state index contributed by atoms with van der Waals surface area (Å²) < 4.78 is 0. The third-order valence-corrected chi connectivity index (χ3v) is 2.77. The fourth-order valence-electron chi connectivity index (χ4n) is 1.77. The SMILES string of the molecule is CCc1cccnc1CNc1nc(N)ncc1[N+](=O)[O-]. The molecule has 2 heterocycles. The van der Waals surface area contributed by atoms with Crippen molar-refractivity contribution in [1.82, 2.24) is 15.0 Å². The monoisotopic (exact) mass is 274 g/mol. The average molecular weight is 274 g/mol. The van der Waals surface area contributed by atoms with Gasteiger partial charge in [0.15, 0.2) is 0 Å². The Balaban J connectivity index is 2.22. The molecule has 20 heavy (non-hydrogen) atoms. The Bertz CT molecular complexity index is 631. The minimum Gasteiger partial charge on any atom is -0.368 e. The van der Waals surface area contributed by atoms with Gasteiger partial charge in [0.1, 0.15) is 6.20 Å². The van der Waals surface area contributed by atoms with Gasteiger partial charge in [-0.2, -0.15) is 4.98 Å². The number of nitro groups is 1. The maximum absolute atomic E-state index is 10.9. The van der Waals surface area contributed by atoms with E-state index in [9.17, 15) is 10.1 Å². The quantitative estimate of drug-likeness (QED) is 0.626. The molecule has 0 aromatic carbocycles. The van der Waals surface area contributed by atoms with E-state index in [1.807, 2.05) is 19.1 Å². The van der Waals surface area contributed by atoms with Gasteiger partial charge in [-0.05, 0) is 18.1 Å². The summed E-state index contributed by atoms with van der Waals surface area (Å²) in [5, 5.41) is 13.8. The van der Waals surface area contributed by atoms with Crippen LogP contribution in [-0.4, -0.2) is 19.9 Å². The lowest BCUT2D eigenvalue weighted by molar-refractivity contribution is -0.384. The molecule has 0 saturated carbocycles. The lowest BCUT2D eigenvalue weighted by Gasteiger charge is -2.09. The van der Waals surface area contributed by atoms with Crippen molar-refractivity contribution in [2.45, 2.75) is 19.9 Å². The van der Waals surface area contributed by atoms with Crippen LogP contribution in [0.25, 0.3) is 0 Å². The second-order valence-corrected chi connectivity index (χ2v) is 4.04. The van der Waals surface area contributed by atoms with Gasteiger partial charge in [-0.3, -0.25) is 15.1 Å². The van der Waals surface area contributed by atoms with Crippen molar-refractivity contribution < 1.29 is 4.92 Å². The highest BCUT2D eigenvalue weighted by atomic mass is 16.6. The largest absolute Gasteiger partial charge is 0.368 e. The molecule has 0 radical (unpaired) electrons. The summed E-state index contributed by atoms with van der Waals surface area (Å²) in [5.74, 6) is 0.0741. The van der Waals surface area contributed by atoms with Gasteiger partial charge in [0.25, 0.3) is 0 Å². The number of hydrogen-bond donors (Lipinski definition) is 2. The van der Waals surface area contributed by atoms with E-state index in [1.54, 1.807) is 6.20 Å². The molecule has 8 heteroatoms. The van der Waals surface area contributed by atoms with E-state index in [0.29, 0.717) is 6.54 Å². The number of pyridine rings is 1. The van der Waals surface area contributed by atoms with E-state index in [4.69, 9.17) is 5.73 Å². The molecular formula is C12H14N6O2. The van der Waals surface area contributed by atoms with Crippen LogP contribution >= 0.6 is 0 Å². The van der Waals surface area contributed by atoms with Crippen LogP contribution in [0.1, 0.15) is 18.2 Å². The molecule has 0 amide bonds. The molecule has 0 saturated heterocycles. The molecule has 3 N–H and O–H groups in total. The van der Waals surface area contributed by atoms with Crippen LogP contribution in [0.4, 0.5) is 17.5 Å². The van der Waals surface area contributed by atoms with E-state index in [-0.39, 0.29) is 17.5 Å². The van der Waals surface area contributed by atoms with Crippen molar-refractivity contribution >= 4 is 17.5 Å². The van der Waals surface area contributed by atoms with Gasteiger partial charge < -0.3 is 11.1 Å². The van der Waals surface area contributed by atoms with E-state index in [0.717, 1.165) is 23.9 Å². The lowest BCUT2D eigenvalue weighted by Crippen LogP contribution is -2.09. The van der Waals surface area contributed by atoms with Gasteiger partial charge in [0.2, 0.25) is 11.8 Å². The predicted octanol–water partition coefficient (Wildman–Crippen LogP) is 1.54. The van der Waals surface area contributed by atoms with E-state index < -0.39 is 4.92 Å². The van der Waals surface area contributed by atoms with Crippen LogP contribution in [0, 0.1) is 10.1 Å². The fraction of sp³-hybridized carbons (Fsp3) is 0.250. The number of nitrogen functional groups attached to an aromatic ring is 1. The first-order valence-electron chi connectivity index (χ1n) is 6.05. The molecule has 0 aliphatic rings. The van der Waals surface area contributed by atoms with E-state index >= 15 is 0 Å². The second kappa shape index (κ2) is 5.91. The number of rotatable bonds is 5. The molecule has 0 atom stereocenters. The first kappa shape index (κ1) is 13.7. The van der Waals surface area contributed by atoms with Crippen LogP contribution in [0.15, 0.2) is 24.5 Å². The van der Waals surface area contributed by atoms with Crippen LogP contribution in [0.5, 0.6) is 0 Å². The zero-order valence-corrected chi connectivity index (χ0v) is 10.9. The molecular weight excluding hydrogens is 260 g/mol. The molecule has 0 fully saturated rings. The number of nitrogens with zero attached hydrogens (tertiary/aromatic N) is 4. The number of aryl methyl sites for hydroxylation is 1. The smallest absolute Gasteiger partial charge is 0.329 e. The standard InChI is InChI=1S/C12H14N6O2/c1-2-8-4-3-5-14-9(8)6-15-11-10(18(19)20)7-16-12(13)17-11/h3-5,7H,2,6H2,1H3,(H3,13,15,16,17). The zero-order chi connectivity index (χ0) is 14.5. The first-order chi connectivity index (χ1) is 9.61. The maximum atomic E-state index is 10.9. The highest BCUT2D eigenvalue weighted by Crippen LogP contribution is 2.21. The Labute approximate surface area is 115 Å². The summed E-state index contributed by atoms with van der Waals surface area (Å²) in [4.78, 5) is 22.1. The molecule has 2 aromatic rings. The van der Waals surface area contributed by atoms with Crippen LogP contribution < -0.4 is 11.1 Å². The lowest BCUT2D eigenvalue weighted by atomic mass is 10.1. The van der Waals surface area contributed by atoms with Gasteiger partial charge in [-0.25, -0.2) is 4.98 Å². The Kier molecular flexibility index (Phi) is 4.04. The molecule has 0 aliphatic heterocycles. The number of aromatic nitrogens is 3. The maximum Gasteiger partial charge on any atom is 0.329 e. The molecule has 0 spiro atoms. The van der Waals surface area contributed by atoms with Crippen LogP contribution in [-0.2, 0) is 13.0 Å². The molecule has 8 nitrogen and oxygen atoms in total. The Morgan fingerprint density at radius 3 is 2.95 bits per heavy atom. The summed E-state index contributed by atoms with van der Waals surface area (Å²) in [6, 6.07) is 3.82. The minimum atomic E-state index is -0.555. The predicted molar refractivity (Wildman–Crippen MR) is 74.0 cm³/mol. The molecule has 2 aromatic heterocycles. The van der Waals surface area contributed by atoms with Crippen molar-refractivity contribution in [2.75, 3.05) is 11.1 Å².